The fourth-order valence-electron chi connectivity index (χ4n) is 3.30. The zero-order valence-electron chi connectivity index (χ0n) is 15.3. The van der Waals surface area contributed by atoms with Gasteiger partial charge in [-0.25, -0.2) is 9.48 Å². The van der Waals surface area contributed by atoms with Gasteiger partial charge >= 0.3 is 6.03 Å². The van der Waals surface area contributed by atoms with Crippen molar-refractivity contribution in [3.63, 3.8) is 0 Å². The Hall–Kier alpha value is -2.34. The van der Waals surface area contributed by atoms with E-state index in [1.165, 1.54) is 0 Å². The van der Waals surface area contributed by atoms with E-state index in [-0.39, 0.29) is 6.03 Å². The summed E-state index contributed by atoms with van der Waals surface area (Å²) in [5.74, 6) is 0.751. The van der Waals surface area contributed by atoms with Crippen LogP contribution in [0.5, 0.6) is 0 Å². The first-order chi connectivity index (χ1) is 12.0. The summed E-state index contributed by atoms with van der Waals surface area (Å²) in [4.78, 5) is 16.8. The highest BCUT2D eigenvalue weighted by molar-refractivity contribution is 5.88. The molecule has 1 aliphatic heterocycles. The molecule has 2 aromatic rings. The number of urea groups is 1. The number of rotatable bonds is 4. The second-order valence-electron chi connectivity index (χ2n) is 6.93. The van der Waals surface area contributed by atoms with Gasteiger partial charge in [-0.2, -0.15) is 5.10 Å². The van der Waals surface area contributed by atoms with Crippen LogP contribution in [0.2, 0.25) is 0 Å². The molecule has 0 aliphatic carbocycles. The van der Waals surface area contributed by atoms with E-state index in [4.69, 9.17) is 0 Å². The number of benzene rings is 1. The minimum Gasteiger partial charge on any atom is -0.324 e. The summed E-state index contributed by atoms with van der Waals surface area (Å²) in [5.41, 5.74) is 2.06. The second-order valence-corrected chi connectivity index (χ2v) is 6.93. The highest BCUT2D eigenvalue weighted by Crippen LogP contribution is 2.17. The van der Waals surface area contributed by atoms with Gasteiger partial charge in [0.1, 0.15) is 5.82 Å². The van der Waals surface area contributed by atoms with E-state index in [9.17, 15) is 4.79 Å². The van der Waals surface area contributed by atoms with Crippen LogP contribution in [0.15, 0.2) is 36.4 Å². The molecule has 1 aromatic carbocycles. The number of aromatic nitrogens is 2. The van der Waals surface area contributed by atoms with Gasteiger partial charge < -0.3 is 9.80 Å². The van der Waals surface area contributed by atoms with Crippen molar-refractivity contribution in [3.05, 3.63) is 47.7 Å². The van der Waals surface area contributed by atoms with Crippen LogP contribution in [-0.2, 0) is 6.54 Å². The number of hydrogen-bond donors (Lipinski definition) is 1. The monoisotopic (exact) mass is 341 g/mol. The Morgan fingerprint density at radius 1 is 1.24 bits per heavy atom. The van der Waals surface area contributed by atoms with Gasteiger partial charge in [0.05, 0.1) is 12.2 Å². The van der Waals surface area contributed by atoms with E-state index in [0.29, 0.717) is 12.6 Å². The van der Waals surface area contributed by atoms with Crippen molar-refractivity contribution in [2.45, 2.75) is 32.4 Å². The molecule has 0 spiro atoms. The van der Waals surface area contributed by atoms with E-state index in [2.05, 4.69) is 41.5 Å². The third kappa shape index (κ3) is 4.39. The van der Waals surface area contributed by atoms with Crippen molar-refractivity contribution in [2.24, 2.45) is 0 Å². The van der Waals surface area contributed by atoms with E-state index in [1.54, 1.807) is 0 Å². The van der Waals surface area contributed by atoms with Crippen molar-refractivity contribution in [3.8, 4) is 0 Å². The molecule has 0 bridgehead atoms. The zero-order chi connectivity index (χ0) is 17.8. The predicted octanol–water partition coefficient (Wildman–Crippen LogP) is 2.80. The smallest absolute Gasteiger partial charge is 0.323 e. The summed E-state index contributed by atoms with van der Waals surface area (Å²) in [6.07, 6.45) is 2.03. The fourth-order valence-corrected chi connectivity index (χ4v) is 3.30. The Bertz CT molecular complexity index is 702. The summed E-state index contributed by atoms with van der Waals surface area (Å²) in [5, 5.41) is 7.56. The Balaban J connectivity index is 1.64. The van der Waals surface area contributed by atoms with Gasteiger partial charge in [-0.1, -0.05) is 30.3 Å². The molecule has 1 saturated heterocycles. The molecule has 2 heterocycles. The second kappa shape index (κ2) is 7.70. The molecular formula is C19H27N5O. The molecule has 0 saturated carbocycles. The standard InChI is InChI=1S/C19H27N5O/c1-15-13-18(24(21-15)14-16-7-5-4-6-8-16)20-19(25)23-11-9-17(10-12-23)22(2)3/h4-8,13,17H,9-12,14H2,1-3H3,(H,20,25). The molecule has 0 radical (unpaired) electrons. The molecule has 1 fully saturated rings. The molecule has 2 amide bonds. The Kier molecular flexibility index (Phi) is 5.38. The van der Waals surface area contributed by atoms with Gasteiger partial charge in [0.2, 0.25) is 0 Å². The van der Waals surface area contributed by atoms with Gasteiger partial charge in [0.25, 0.3) is 0 Å². The molecule has 3 rings (SSSR count). The van der Waals surface area contributed by atoms with E-state index in [0.717, 1.165) is 43.0 Å². The van der Waals surface area contributed by atoms with E-state index >= 15 is 0 Å². The van der Waals surface area contributed by atoms with Gasteiger partial charge in [-0.15, -0.1) is 0 Å². The lowest BCUT2D eigenvalue weighted by molar-refractivity contribution is 0.156. The van der Waals surface area contributed by atoms with E-state index < -0.39 is 0 Å². The maximum absolute atomic E-state index is 12.6. The average molecular weight is 341 g/mol. The van der Waals surface area contributed by atoms with Crippen molar-refractivity contribution < 1.29 is 4.79 Å². The number of amides is 2. The van der Waals surface area contributed by atoms with Crippen molar-refractivity contribution in [2.75, 3.05) is 32.5 Å². The van der Waals surface area contributed by atoms with Crippen LogP contribution in [-0.4, -0.2) is 58.8 Å². The Morgan fingerprint density at radius 2 is 1.92 bits per heavy atom. The van der Waals surface area contributed by atoms with Crippen LogP contribution in [0.3, 0.4) is 0 Å². The minimum atomic E-state index is -0.0357. The first-order valence-corrected chi connectivity index (χ1v) is 8.83. The number of hydrogen-bond acceptors (Lipinski definition) is 3. The van der Waals surface area contributed by atoms with Crippen LogP contribution in [0.25, 0.3) is 0 Å². The normalized spacial score (nSPS) is 15.6. The molecule has 1 aliphatic rings. The van der Waals surface area contributed by atoms with Gasteiger partial charge in [-0.3, -0.25) is 5.32 Å². The van der Waals surface area contributed by atoms with Crippen molar-refractivity contribution >= 4 is 11.8 Å². The number of likely N-dealkylation sites (tertiary alicyclic amines) is 1. The molecule has 0 atom stereocenters. The predicted molar refractivity (Wildman–Crippen MR) is 99.8 cm³/mol. The first-order valence-electron chi connectivity index (χ1n) is 8.83. The number of piperidine rings is 1. The van der Waals surface area contributed by atoms with Crippen LogP contribution in [0.4, 0.5) is 10.6 Å². The molecule has 1 N–H and O–H groups in total. The summed E-state index contributed by atoms with van der Waals surface area (Å²) in [6.45, 7) is 4.17. The van der Waals surface area contributed by atoms with Crippen molar-refractivity contribution in [1.29, 1.82) is 0 Å². The fraction of sp³-hybridized carbons (Fsp3) is 0.474. The van der Waals surface area contributed by atoms with E-state index in [1.807, 2.05) is 40.8 Å². The maximum atomic E-state index is 12.6. The maximum Gasteiger partial charge on any atom is 0.323 e. The summed E-state index contributed by atoms with van der Waals surface area (Å²) < 4.78 is 1.86. The topological polar surface area (TPSA) is 53.4 Å². The van der Waals surface area contributed by atoms with Crippen LogP contribution >= 0.6 is 0 Å². The summed E-state index contributed by atoms with van der Waals surface area (Å²) in [7, 11) is 4.20. The third-order valence-corrected chi connectivity index (χ3v) is 4.79. The van der Waals surface area contributed by atoms with Crippen LogP contribution in [0.1, 0.15) is 24.1 Å². The number of nitrogens with zero attached hydrogens (tertiary/aromatic N) is 4. The lowest BCUT2D eigenvalue weighted by Gasteiger charge is -2.35. The minimum absolute atomic E-state index is 0.0357. The van der Waals surface area contributed by atoms with Gasteiger partial charge in [0, 0.05) is 25.2 Å². The quantitative estimate of drug-likeness (QED) is 0.930. The first kappa shape index (κ1) is 17.5. The number of nitrogens with one attached hydrogen (secondary N) is 1. The van der Waals surface area contributed by atoms with Crippen molar-refractivity contribution in [1.82, 2.24) is 19.6 Å². The van der Waals surface area contributed by atoms with Gasteiger partial charge in [0.15, 0.2) is 0 Å². The average Bonchev–Trinajstić information content (AvgIpc) is 2.94. The van der Waals surface area contributed by atoms with Crippen LogP contribution < -0.4 is 5.32 Å². The number of carbonyl (C=O) groups excluding carboxylic acids is 1. The molecule has 6 nitrogen and oxygen atoms in total. The van der Waals surface area contributed by atoms with Crippen LogP contribution in [0, 0.1) is 6.92 Å². The molecule has 25 heavy (non-hydrogen) atoms. The third-order valence-electron chi connectivity index (χ3n) is 4.79. The number of carbonyl (C=O) groups is 1. The highest BCUT2D eigenvalue weighted by atomic mass is 16.2. The number of aryl methyl sites for hydroxylation is 1. The number of anilines is 1. The lowest BCUT2D eigenvalue weighted by atomic mass is 10.0. The largest absolute Gasteiger partial charge is 0.324 e. The Labute approximate surface area is 149 Å². The Morgan fingerprint density at radius 3 is 2.56 bits per heavy atom. The van der Waals surface area contributed by atoms with Gasteiger partial charge in [-0.05, 0) is 39.4 Å². The SMILES string of the molecule is Cc1cc(NC(=O)N2CCC(N(C)C)CC2)n(Cc2ccccc2)n1. The zero-order valence-corrected chi connectivity index (χ0v) is 15.3. The molecule has 134 valence electrons. The molecule has 1 aromatic heterocycles. The highest BCUT2D eigenvalue weighted by Gasteiger charge is 2.24. The molecule has 0 unspecified atom stereocenters. The summed E-state index contributed by atoms with van der Waals surface area (Å²) >= 11 is 0. The summed E-state index contributed by atoms with van der Waals surface area (Å²) in [6, 6.07) is 12.6. The molecular weight excluding hydrogens is 314 g/mol. The lowest BCUT2D eigenvalue weighted by Crippen LogP contribution is -2.46. The molecule has 6 heteroatoms.